The number of pyridine rings is 1. The first-order valence-electron chi connectivity index (χ1n) is 12.7. The van der Waals surface area contributed by atoms with Crippen LogP contribution in [-0.4, -0.2) is 48.4 Å². The maximum Gasteiger partial charge on any atom is 0.573 e. The lowest BCUT2D eigenvalue weighted by Crippen LogP contribution is -2.47. The fourth-order valence-corrected chi connectivity index (χ4v) is 6.61. The molecule has 1 aliphatic rings. The minimum Gasteiger partial charge on any atom is -0.438 e. The number of carbonyl (C=O) groups excluding carboxylic acids is 1. The summed E-state index contributed by atoms with van der Waals surface area (Å²) in [6.45, 7) is 3.08. The van der Waals surface area contributed by atoms with Crippen LogP contribution in [-0.2, 0) is 16.0 Å². The van der Waals surface area contributed by atoms with Crippen LogP contribution in [0.4, 0.5) is 26.3 Å². The van der Waals surface area contributed by atoms with Crippen molar-refractivity contribution in [1.29, 1.82) is 0 Å². The Hall–Kier alpha value is -3.81. The Morgan fingerprint density at radius 3 is 2.21 bits per heavy atom. The summed E-state index contributed by atoms with van der Waals surface area (Å²) in [7, 11) is -4.21. The number of nitrogens with zero attached hydrogens (tertiary/aromatic N) is 2. The van der Waals surface area contributed by atoms with Gasteiger partial charge in [0.15, 0.2) is 9.84 Å². The van der Waals surface area contributed by atoms with E-state index in [1.165, 1.54) is 31.0 Å². The van der Waals surface area contributed by atoms with Crippen LogP contribution in [0.5, 0.6) is 17.4 Å². The van der Waals surface area contributed by atoms with Gasteiger partial charge in [-0.1, -0.05) is 12.1 Å². The molecule has 0 bridgehead atoms. The molecular formula is C28H26F6N2O5S. The first-order chi connectivity index (χ1) is 19.5. The van der Waals surface area contributed by atoms with Gasteiger partial charge in [-0.3, -0.25) is 4.79 Å². The number of likely N-dealkylation sites (tertiary alicyclic amines) is 1. The molecule has 2 aromatic carbocycles. The number of carbonyl (C=O) groups is 1. The van der Waals surface area contributed by atoms with Gasteiger partial charge in [-0.15, -0.1) is 13.2 Å². The van der Waals surface area contributed by atoms with Gasteiger partial charge in [-0.05, 0) is 69.0 Å². The zero-order valence-electron chi connectivity index (χ0n) is 22.4. The fourth-order valence-electron chi connectivity index (χ4n) is 4.79. The number of sulfone groups is 1. The summed E-state index contributed by atoms with van der Waals surface area (Å²) in [6.07, 6.45) is -7.87. The van der Waals surface area contributed by atoms with Gasteiger partial charge < -0.3 is 14.4 Å². The largest absolute Gasteiger partial charge is 0.573 e. The van der Waals surface area contributed by atoms with Crippen LogP contribution in [0.25, 0.3) is 0 Å². The first kappa shape index (κ1) is 31.1. The van der Waals surface area contributed by atoms with Crippen LogP contribution in [0.15, 0.2) is 71.8 Å². The number of benzene rings is 2. The molecule has 1 aromatic heterocycles. The molecule has 0 atom stereocenters. The van der Waals surface area contributed by atoms with Crippen molar-refractivity contribution in [3.8, 4) is 17.4 Å². The molecule has 2 heterocycles. The number of piperidine rings is 1. The number of halogens is 6. The molecule has 0 aliphatic carbocycles. The van der Waals surface area contributed by atoms with Crippen molar-refractivity contribution in [3.63, 3.8) is 0 Å². The summed E-state index contributed by atoms with van der Waals surface area (Å²) < 4.78 is 113. The zero-order valence-corrected chi connectivity index (χ0v) is 23.2. The summed E-state index contributed by atoms with van der Waals surface area (Å²) in [4.78, 5) is 18.4. The molecule has 0 saturated carbocycles. The number of aromatic nitrogens is 1. The second kappa shape index (κ2) is 11.5. The lowest BCUT2D eigenvalue weighted by atomic mass is 9.85. The molecule has 226 valence electrons. The van der Waals surface area contributed by atoms with Crippen LogP contribution in [0.1, 0.15) is 42.6 Å². The van der Waals surface area contributed by atoms with Crippen molar-refractivity contribution < 1.29 is 49.0 Å². The van der Waals surface area contributed by atoms with Crippen LogP contribution < -0.4 is 9.47 Å². The van der Waals surface area contributed by atoms with Gasteiger partial charge in [0.05, 0.1) is 20.8 Å². The molecule has 1 amide bonds. The van der Waals surface area contributed by atoms with E-state index in [1.54, 1.807) is 12.1 Å². The summed E-state index contributed by atoms with van der Waals surface area (Å²) in [5.41, 5.74) is -1.14. The van der Waals surface area contributed by atoms with Gasteiger partial charge in [-0.2, -0.15) is 13.2 Å². The lowest BCUT2D eigenvalue weighted by Gasteiger charge is -2.40. The number of ether oxygens (including phenoxy) is 2. The van der Waals surface area contributed by atoms with Crippen molar-refractivity contribution in [3.05, 3.63) is 78.0 Å². The van der Waals surface area contributed by atoms with Crippen molar-refractivity contribution in [2.75, 3.05) is 13.1 Å². The quantitative estimate of drug-likeness (QED) is 0.269. The van der Waals surface area contributed by atoms with Crippen LogP contribution >= 0.6 is 0 Å². The third-order valence-electron chi connectivity index (χ3n) is 7.20. The van der Waals surface area contributed by atoms with E-state index >= 15 is 0 Å². The number of alkyl halides is 6. The highest BCUT2D eigenvalue weighted by molar-refractivity contribution is 7.92. The average Bonchev–Trinajstić information content (AvgIpc) is 2.92. The molecule has 0 unspecified atom stereocenters. The Kier molecular flexibility index (Phi) is 8.50. The van der Waals surface area contributed by atoms with Crippen molar-refractivity contribution in [2.45, 2.75) is 48.9 Å². The van der Waals surface area contributed by atoms with Gasteiger partial charge >= 0.3 is 12.5 Å². The van der Waals surface area contributed by atoms with E-state index in [-0.39, 0.29) is 43.1 Å². The molecule has 3 aromatic rings. The van der Waals surface area contributed by atoms with E-state index in [0.29, 0.717) is 6.07 Å². The molecule has 14 heteroatoms. The number of rotatable bonds is 7. The smallest absolute Gasteiger partial charge is 0.438 e. The first-order valence-corrected chi connectivity index (χ1v) is 14.2. The fraction of sp³-hybridized carbons (Fsp3) is 0.357. The monoisotopic (exact) mass is 616 g/mol. The molecule has 0 spiro atoms. The van der Waals surface area contributed by atoms with E-state index < -0.39 is 55.2 Å². The van der Waals surface area contributed by atoms with Gasteiger partial charge in [0.25, 0.3) is 5.91 Å². The van der Waals surface area contributed by atoms with Gasteiger partial charge in [0, 0.05) is 31.4 Å². The Bertz CT molecular complexity index is 1530. The number of amides is 1. The second-order valence-corrected chi connectivity index (χ2v) is 12.7. The molecule has 1 saturated heterocycles. The van der Waals surface area contributed by atoms with Crippen LogP contribution in [0.3, 0.4) is 0 Å². The van der Waals surface area contributed by atoms with E-state index in [9.17, 15) is 39.6 Å². The minimum atomic E-state index is -4.98. The highest BCUT2D eigenvalue weighted by Crippen LogP contribution is 2.40. The topological polar surface area (TPSA) is 85.8 Å². The van der Waals surface area contributed by atoms with Gasteiger partial charge in [-0.25, -0.2) is 13.4 Å². The Labute approximate surface area is 238 Å². The maximum absolute atomic E-state index is 13.5. The third-order valence-corrected chi connectivity index (χ3v) is 9.79. The minimum absolute atomic E-state index is 0.0240. The molecule has 0 radical (unpaired) electrons. The average molecular weight is 617 g/mol. The van der Waals surface area contributed by atoms with Gasteiger partial charge in [0.2, 0.25) is 5.88 Å². The van der Waals surface area contributed by atoms with Crippen molar-refractivity contribution in [1.82, 2.24) is 9.88 Å². The molecule has 1 aliphatic heterocycles. The Morgan fingerprint density at radius 1 is 0.929 bits per heavy atom. The molecule has 0 N–H and O–H groups in total. The highest BCUT2D eigenvalue weighted by atomic mass is 32.2. The summed E-state index contributed by atoms with van der Waals surface area (Å²) >= 11 is 0. The Balaban J connectivity index is 1.53. The lowest BCUT2D eigenvalue weighted by molar-refractivity contribution is -0.274. The molecule has 42 heavy (non-hydrogen) atoms. The predicted octanol–water partition coefficient (Wildman–Crippen LogP) is 6.90. The number of hydrogen-bond donors (Lipinski definition) is 0. The SMILES string of the molecule is CC(C)(C1CCN(C(=O)c2ccc(OC(F)(F)F)cc2Oc2ccccn2)CC1)S(=O)(=O)c1cccc(C(F)(F)F)c1. The number of hydrogen-bond acceptors (Lipinski definition) is 6. The second-order valence-electron chi connectivity index (χ2n) is 10.2. The molecular weight excluding hydrogens is 590 g/mol. The van der Waals surface area contributed by atoms with Crippen molar-refractivity contribution in [2.24, 2.45) is 5.92 Å². The van der Waals surface area contributed by atoms with Gasteiger partial charge in [0.1, 0.15) is 11.5 Å². The van der Waals surface area contributed by atoms with Crippen molar-refractivity contribution >= 4 is 15.7 Å². The highest BCUT2D eigenvalue weighted by Gasteiger charge is 2.45. The molecule has 7 nitrogen and oxygen atoms in total. The molecule has 4 rings (SSSR count). The predicted molar refractivity (Wildman–Crippen MR) is 139 cm³/mol. The van der Waals surface area contributed by atoms with E-state index in [4.69, 9.17) is 4.74 Å². The Morgan fingerprint density at radius 2 is 1.62 bits per heavy atom. The maximum atomic E-state index is 13.5. The van der Waals surface area contributed by atoms with E-state index in [0.717, 1.165) is 36.4 Å². The van der Waals surface area contributed by atoms with E-state index in [2.05, 4.69) is 9.72 Å². The van der Waals surface area contributed by atoms with Crippen LogP contribution in [0, 0.1) is 5.92 Å². The molecule has 1 fully saturated rings. The van der Waals surface area contributed by atoms with Crippen LogP contribution in [0.2, 0.25) is 0 Å². The normalized spacial score (nSPS) is 15.4. The summed E-state index contributed by atoms with van der Waals surface area (Å²) in [5, 5.41) is 0. The third kappa shape index (κ3) is 6.80. The standard InChI is InChI=1S/C28H26F6N2O5S/c1-26(2,42(38,39)21-7-5-6-19(16-21)27(29,30)31)18-11-14-36(15-12-18)25(37)22-10-9-20(41-28(32,33)34)17-23(22)40-24-8-3-4-13-35-24/h3-10,13,16-18H,11-12,14-15H2,1-2H3. The summed E-state index contributed by atoms with van der Waals surface area (Å²) in [5.74, 6) is -1.89. The van der Waals surface area contributed by atoms with E-state index in [1.807, 2.05) is 0 Å². The summed E-state index contributed by atoms with van der Waals surface area (Å²) in [6, 6.07) is 11.2. The zero-order chi connectivity index (χ0) is 30.9.